The molecule has 1 aromatic rings. The van der Waals surface area contributed by atoms with Gasteiger partial charge in [-0.3, -0.25) is 0 Å². The first-order valence-corrected chi connectivity index (χ1v) is 8.38. The average molecular weight is 316 g/mol. The van der Waals surface area contributed by atoms with Gasteiger partial charge in [-0.15, -0.1) is 11.3 Å². The third-order valence-corrected chi connectivity index (χ3v) is 5.68. The van der Waals surface area contributed by atoms with E-state index < -0.39 is 0 Å². The van der Waals surface area contributed by atoms with Crippen molar-refractivity contribution < 1.29 is 0 Å². The third kappa shape index (κ3) is 4.08. The van der Waals surface area contributed by atoms with Gasteiger partial charge < -0.3 is 5.32 Å². The van der Waals surface area contributed by atoms with Crippen LogP contribution in [0.1, 0.15) is 55.9 Å². The summed E-state index contributed by atoms with van der Waals surface area (Å²) in [6, 6.07) is 2.81. The Morgan fingerprint density at radius 2 is 2.18 bits per heavy atom. The highest BCUT2D eigenvalue weighted by Crippen LogP contribution is 2.32. The molecule has 1 aliphatic rings. The van der Waals surface area contributed by atoms with E-state index >= 15 is 0 Å². The summed E-state index contributed by atoms with van der Waals surface area (Å²) < 4.78 is 1.22. The van der Waals surface area contributed by atoms with Gasteiger partial charge in [-0.1, -0.05) is 32.1 Å². The van der Waals surface area contributed by atoms with Gasteiger partial charge in [0, 0.05) is 20.8 Å². The van der Waals surface area contributed by atoms with E-state index in [0.29, 0.717) is 6.04 Å². The fourth-order valence-corrected chi connectivity index (χ4v) is 4.41. The van der Waals surface area contributed by atoms with Crippen molar-refractivity contribution >= 4 is 27.3 Å². The maximum Gasteiger partial charge on any atom is 0.0412 e. The molecule has 3 heteroatoms. The highest BCUT2D eigenvalue weighted by molar-refractivity contribution is 9.10. The molecule has 1 unspecified atom stereocenters. The van der Waals surface area contributed by atoms with Gasteiger partial charge in [-0.2, -0.15) is 0 Å². The van der Waals surface area contributed by atoms with Gasteiger partial charge in [0.15, 0.2) is 0 Å². The molecule has 17 heavy (non-hydrogen) atoms. The van der Waals surface area contributed by atoms with Crippen LogP contribution in [0.3, 0.4) is 0 Å². The summed E-state index contributed by atoms with van der Waals surface area (Å²) in [5.41, 5.74) is 0. The molecule has 0 aromatic carbocycles. The van der Waals surface area contributed by atoms with Crippen molar-refractivity contribution in [1.29, 1.82) is 0 Å². The van der Waals surface area contributed by atoms with E-state index in [2.05, 4.69) is 39.7 Å². The molecule has 0 saturated heterocycles. The van der Waals surface area contributed by atoms with Crippen LogP contribution in [-0.4, -0.2) is 7.05 Å². The molecule has 0 bridgehead atoms. The standard InChI is InChI=1S/C14H22BrNS/c1-16-13(14-9-12(15)10-17-14)8-7-11-5-3-2-4-6-11/h9-11,13,16H,2-8H2,1H3. The second-order valence-electron chi connectivity index (χ2n) is 5.09. The second-order valence-corrected chi connectivity index (χ2v) is 6.95. The Labute approximate surface area is 117 Å². The summed E-state index contributed by atoms with van der Waals surface area (Å²) in [4.78, 5) is 1.47. The van der Waals surface area contributed by atoms with E-state index in [4.69, 9.17) is 0 Å². The fraction of sp³-hybridized carbons (Fsp3) is 0.714. The molecule has 0 radical (unpaired) electrons. The van der Waals surface area contributed by atoms with Crippen LogP contribution in [0.4, 0.5) is 0 Å². The van der Waals surface area contributed by atoms with Gasteiger partial charge in [0.25, 0.3) is 0 Å². The van der Waals surface area contributed by atoms with Gasteiger partial charge in [0.2, 0.25) is 0 Å². The minimum atomic E-state index is 0.549. The van der Waals surface area contributed by atoms with Crippen LogP contribution >= 0.6 is 27.3 Å². The SMILES string of the molecule is CNC(CCC1CCCCC1)c1cc(Br)cs1. The van der Waals surface area contributed by atoms with Crippen molar-refractivity contribution in [3.8, 4) is 0 Å². The molecule has 96 valence electrons. The van der Waals surface area contributed by atoms with Crippen molar-refractivity contribution in [2.45, 2.75) is 51.0 Å². The van der Waals surface area contributed by atoms with Crippen LogP contribution in [0.5, 0.6) is 0 Å². The van der Waals surface area contributed by atoms with Crippen molar-refractivity contribution in [2.75, 3.05) is 7.05 Å². The lowest BCUT2D eigenvalue weighted by Crippen LogP contribution is -2.17. The molecule has 1 atom stereocenters. The molecule has 1 N–H and O–H groups in total. The normalized spacial score (nSPS) is 19.4. The summed E-state index contributed by atoms with van der Waals surface area (Å²) >= 11 is 5.40. The van der Waals surface area contributed by atoms with Gasteiger partial charge in [0.1, 0.15) is 0 Å². The number of hydrogen-bond donors (Lipinski definition) is 1. The van der Waals surface area contributed by atoms with Crippen molar-refractivity contribution in [1.82, 2.24) is 5.32 Å². The summed E-state index contributed by atoms with van der Waals surface area (Å²) in [6.07, 6.45) is 9.98. The molecular formula is C14H22BrNS. The van der Waals surface area contributed by atoms with E-state index in [1.165, 1.54) is 54.3 Å². The second kappa shape index (κ2) is 6.91. The first-order valence-electron chi connectivity index (χ1n) is 6.71. The molecule has 1 nitrogen and oxygen atoms in total. The number of hydrogen-bond acceptors (Lipinski definition) is 2. The van der Waals surface area contributed by atoms with Crippen LogP contribution in [0.2, 0.25) is 0 Å². The largest absolute Gasteiger partial charge is 0.312 e. The zero-order chi connectivity index (χ0) is 12.1. The molecule has 0 aliphatic heterocycles. The molecule has 1 fully saturated rings. The maximum atomic E-state index is 3.54. The first-order chi connectivity index (χ1) is 8.29. The van der Waals surface area contributed by atoms with Crippen LogP contribution in [0.25, 0.3) is 0 Å². The molecule has 2 rings (SSSR count). The van der Waals surface area contributed by atoms with Crippen molar-refractivity contribution in [2.24, 2.45) is 5.92 Å². The highest BCUT2D eigenvalue weighted by Gasteiger charge is 2.17. The molecule has 1 aliphatic carbocycles. The summed E-state index contributed by atoms with van der Waals surface area (Å²) in [5, 5.41) is 5.64. The Balaban J connectivity index is 1.82. The minimum Gasteiger partial charge on any atom is -0.312 e. The van der Waals surface area contributed by atoms with Crippen molar-refractivity contribution in [3.63, 3.8) is 0 Å². The van der Waals surface area contributed by atoms with Gasteiger partial charge in [-0.05, 0) is 47.8 Å². The third-order valence-electron chi connectivity index (χ3n) is 3.87. The summed E-state index contributed by atoms with van der Waals surface area (Å²) in [6.45, 7) is 0. The van der Waals surface area contributed by atoms with Crippen molar-refractivity contribution in [3.05, 3.63) is 20.8 Å². The minimum absolute atomic E-state index is 0.549. The Bertz CT molecular complexity index is 331. The van der Waals surface area contributed by atoms with Crippen LogP contribution in [0.15, 0.2) is 15.9 Å². The Morgan fingerprint density at radius 3 is 2.76 bits per heavy atom. The Hall–Kier alpha value is 0.140. The molecule has 1 aromatic heterocycles. The van der Waals surface area contributed by atoms with E-state index in [-0.39, 0.29) is 0 Å². The quantitative estimate of drug-likeness (QED) is 0.794. The summed E-state index contributed by atoms with van der Waals surface area (Å²) in [5.74, 6) is 0.989. The predicted molar refractivity (Wildman–Crippen MR) is 79.6 cm³/mol. The Kier molecular flexibility index (Phi) is 5.51. The first kappa shape index (κ1) is 13.6. The number of nitrogens with one attached hydrogen (secondary N) is 1. The van der Waals surface area contributed by atoms with Crippen LogP contribution < -0.4 is 5.32 Å². The van der Waals surface area contributed by atoms with E-state index in [0.717, 1.165) is 5.92 Å². The lowest BCUT2D eigenvalue weighted by molar-refractivity contribution is 0.318. The van der Waals surface area contributed by atoms with E-state index in [9.17, 15) is 0 Å². The van der Waals surface area contributed by atoms with Crippen LogP contribution in [-0.2, 0) is 0 Å². The van der Waals surface area contributed by atoms with Crippen LogP contribution in [0, 0.1) is 5.92 Å². The highest BCUT2D eigenvalue weighted by atomic mass is 79.9. The predicted octanol–water partition coefficient (Wildman–Crippen LogP) is 5.13. The monoisotopic (exact) mass is 315 g/mol. The Morgan fingerprint density at radius 1 is 1.41 bits per heavy atom. The topological polar surface area (TPSA) is 12.0 Å². The van der Waals surface area contributed by atoms with Gasteiger partial charge in [-0.25, -0.2) is 0 Å². The molecule has 1 saturated carbocycles. The van der Waals surface area contributed by atoms with Gasteiger partial charge in [0.05, 0.1) is 0 Å². The number of rotatable bonds is 5. The molecule has 0 amide bonds. The maximum absolute atomic E-state index is 3.54. The smallest absolute Gasteiger partial charge is 0.0412 e. The fourth-order valence-electron chi connectivity index (χ4n) is 2.82. The van der Waals surface area contributed by atoms with Gasteiger partial charge >= 0.3 is 0 Å². The van der Waals surface area contributed by atoms with E-state index in [1.54, 1.807) is 0 Å². The lowest BCUT2D eigenvalue weighted by Gasteiger charge is -2.23. The zero-order valence-electron chi connectivity index (χ0n) is 10.5. The molecular weight excluding hydrogens is 294 g/mol. The number of thiophene rings is 1. The zero-order valence-corrected chi connectivity index (χ0v) is 12.9. The average Bonchev–Trinajstić information content (AvgIpc) is 2.78. The van der Waals surface area contributed by atoms with E-state index in [1.807, 2.05) is 11.3 Å². The molecule has 1 heterocycles. The lowest BCUT2D eigenvalue weighted by atomic mass is 9.85. The molecule has 0 spiro atoms. The summed E-state index contributed by atoms with van der Waals surface area (Å²) in [7, 11) is 2.08. The number of halogens is 1.